The van der Waals surface area contributed by atoms with Crippen molar-refractivity contribution >= 4 is 33.2 Å². The summed E-state index contributed by atoms with van der Waals surface area (Å²) in [6, 6.07) is 20.1. The lowest BCUT2D eigenvalue weighted by Gasteiger charge is -2.33. The minimum atomic E-state index is -3.93. The number of carbonyl (C=O) groups is 1. The van der Waals surface area contributed by atoms with Crippen molar-refractivity contribution in [1.82, 2.24) is 4.31 Å². The van der Waals surface area contributed by atoms with Gasteiger partial charge >= 0.3 is 0 Å². The molecule has 1 aliphatic rings. The summed E-state index contributed by atoms with van der Waals surface area (Å²) in [6.45, 7) is 2.03. The van der Waals surface area contributed by atoms with Crippen LogP contribution in [0.25, 0.3) is 0 Å². The summed E-state index contributed by atoms with van der Waals surface area (Å²) in [5, 5.41) is 3.23. The fourth-order valence-corrected chi connectivity index (χ4v) is 6.24. The van der Waals surface area contributed by atoms with E-state index in [0.29, 0.717) is 47.4 Å². The molecule has 1 amide bonds. The number of carbonyl (C=O) groups excluding carboxylic acids is 1. The van der Waals surface area contributed by atoms with E-state index in [1.807, 2.05) is 25.1 Å². The zero-order chi connectivity index (χ0) is 26.3. The maximum absolute atomic E-state index is 13.7. The number of rotatable bonds is 10. The SMILES string of the molecule is CCOc1ccc(S(=O)(=O)N(CC(=O)Nc2cc(Cl)ccc2Oc2ccccc2)C2CCCCC2)cc1. The van der Waals surface area contributed by atoms with E-state index in [0.717, 1.165) is 19.3 Å². The standard InChI is InChI=1S/C28H31ClN2O5S/c1-2-35-23-14-16-25(17-15-23)37(33,34)31(22-9-5-3-6-10-22)20-28(32)30-26-19-21(29)13-18-27(26)36-24-11-7-4-8-12-24/h4,7-8,11-19,22H,2-3,5-6,9-10,20H2,1H3,(H,30,32). The molecular weight excluding hydrogens is 512 g/mol. The monoisotopic (exact) mass is 542 g/mol. The number of nitrogens with one attached hydrogen (secondary N) is 1. The molecule has 3 aromatic rings. The first kappa shape index (κ1) is 27.0. The van der Waals surface area contributed by atoms with Gasteiger partial charge in [0.15, 0.2) is 5.75 Å². The van der Waals surface area contributed by atoms with Crippen LogP contribution in [-0.2, 0) is 14.8 Å². The predicted molar refractivity (Wildman–Crippen MR) is 145 cm³/mol. The number of sulfonamides is 1. The lowest BCUT2D eigenvalue weighted by atomic mass is 9.95. The van der Waals surface area contributed by atoms with E-state index in [4.69, 9.17) is 21.1 Å². The molecule has 7 nitrogen and oxygen atoms in total. The van der Waals surface area contributed by atoms with Gasteiger partial charge in [-0.05, 0) is 74.4 Å². The minimum Gasteiger partial charge on any atom is -0.494 e. The summed E-state index contributed by atoms with van der Waals surface area (Å²) in [6.07, 6.45) is 4.32. The zero-order valence-electron chi connectivity index (χ0n) is 20.7. The summed E-state index contributed by atoms with van der Waals surface area (Å²) < 4.78 is 40.1. The molecule has 0 unspecified atom stereocenters. The highest BCUT2D eigenvalue weighted by atomic mass is 35.5. The molecule has 0 heterocycles. The molecule has 0 atom stereocenters. The number of hydrogen-bond donors (Lipinski definition) is 1. The van der Waals surface area contributed by atoms with Gasteiger partial charge in [-0.25, -0.2) is 8.42 Å². The second-order valence-corrected chi connectivity index (χ2v) is 11.2. The number of anilines is 1. The van der Waals surface area contributed by atoms with Crippen molar-refractivity contribution in [3.05, 3.63) is 77.8 Å². The number of nitrogens with zero attached hydrogens (tertiary/aromatic N) is 1. The highest BCUT2D eigenvalue weighted by Gasteiger charge is 2.34. The minimum absolute atomic E-state index is 0.130. The number of benzene rings is 3. The third kappa shape index (κ3) is 7.03. The van der Waals surface area contributed by atoms with E-state index in [1.165, 1.54) is 16.4 Å². The summed E-state index contributed by atoms with van der Waals surface area (Å²) >= 11 is 6.20. The van der Waals surface area contributed by atoms with E-state index in [-0.39, 0.29) is 17.5 Å². The third-order valence-corrected chi connectivity index (χ3v) is 8.36. The van der Waals surface area contributed by atoms with Crippen LogP contribution in [-0.4, -0.2) is 37.8 Å². The van der Waals surface area contributed by atoms with Crippen LogP contribution in [0, 0.1) is 0 Å². The van der Waals surface area contributed by atoms with Crippen molar-refractivity contribution in [2.45, 2.75) is 50.0 Å². The Morgan fingerprint density at radius 2 is 1.68 bits per heavy atom. The van der Waals surface area contributed by atoms with Gasteiger partial charge in [0.2, 0.25) is 15.9 Å². The van der Waals surface area contributed by atoms with E-state index in [9.17, 15) is 13.2 Å². The van der Waals surface area contributed by atoms with Crippen molar-refractivity contribution < 1.29 is 22.7 Å². The van der Waals surface area contributed by atoms with E-state index in [1.54, 1.807) is 42.5 Å². The first-order valence-corrected chi connectivity index (χ1v) is 14.3. The molecule has 0 spiro atoms. The van der Waals surface area contributed by atoms with Crippen molar-refractivity contribution in [1.29, 1.82) is 0 Å². The van der Waals surface area contributed by atoms with Gasteiger partial charge in [0.25, 0.3) is 0 Å². The van der Waals surface area contributed by atoms with E-state index < -0.39 is 15.9 Å². The summed E-state index contributed by atoms with van der Waals surface area (Å²) in [4.78, 5) is 13.4. The average Bonchev–Trinajstić information content (AvgIpc) is 2.90. The Kier molecular flexibility index (Phi) is 9.08. The number of ether oxygens (including phenoxy) is 2. The van der Waals surface area contributed by atoms with Gasteiger partial charge in [0.05, 0.1) is 23.7 Å². The Morgan fingerprint density at radius 3 is 2.35 bits per heavy atom. The Labute approximate surface area is 223 Å². The van der Waals surface area contributed by atoms with Crippen molar-refractivity contribution in [2.24, 2.45) is 0 Å². The molecule has 1 fully saturated rings. The highest BCUT2D eigenvalue weighted by Crippen LogP contribution is 2.33. The molecule has 9 heteroatoms. The fourth-order valence-electron chi connectivity index (χ4n) is 4.42. The van der Waals surface area contributed by atoms with Gasteiger partial charge in [-0.3, -0.25) is 4.79 Å². The summed E-state index contributed by atoms with van der Waals surface area (Å²) in [5.41, 5.74) is 0.364. The van der Waals surface area contributed by atoms with Crippen LogP contribution < -0.4 is 14.8 Å². The lowest BCUT2D eigenvalue weighted by molar-refractivity contribution is -0.116. The first-order valence-electron chi connectivity index (χ1n) is 12.4. The van der Waals surface area contributed by atoms with Crippen molar-refractivity contribution in [3.63, 3.8) is 0 Å². The Bertz CT molecular complexity index is 1290. The topological polar surface area (TPSA) is 84.9 Å². The Balaban J connectivity index is 1.57. The second-order valence-electron chi connectivity index (χ2n) is 8.85. The lowest BCUT2D eigenvalue weighted by Crippen LogP contribution is -2.45. The van der Waals surface area contributed by atoms with Crippen LogP contribution in [0.5, 0.6) is 17.2 Å². The molecule has 0 aromatic heterocycles. The molecule has 37 heavy (non-hydrogen) atoms. The summed E-state index contributed by atoms with van der Waals surface area (Å²) in [7, 11) is -3.93. The quantitative estimate of drug-likeness (QED) is 0.316. The third-order valence-electron chi connectivity index (χ3n) is 6.21. The summed E-state index contributed by atoms with van der Waals surface area (Å²) in [5.74, 6) is 1.13. The molecule has 0 aliphatic heterocycles. The molecule has 1 saturated carbocycles. The number of hydrogen-bond acceptors (Lipinski definition) is 5. The van der Waals surface area contributed by atoms with Gasteiger partial charge < -0.3 is 14.8 Å². The van der Waals surface area contributed by atoms with Gasteiger partial charge in [-0.1, -0.05) is 49.1 Å². The first-order chi connectivity index (χ1) is 17.9. The Morgan fingerprint density at radius 1 is 0.973 bits per heavy atom. The zero-order valence-corrected chi connectivity index (χ0v) is 22.3. The van der Waals surface area contributed by atoms with Gasteiger partial charge in [-0.15, -0.1) is 0 Å². The molecule has 0 bridgehead atoms. The van der Waals surface area contributed by atoms with Gasteiger partial charge in [0, 0.05) is 11.1 Å². The molecule has 196 valence electrons. The molecule has 3 aromatic carbocycles. The normalized spacial score (nSPS) is 14.4. The van der Waals surface area contributed by atoms with Crippen LogP contribution >= 0.6 is 11.6 Å². The molecule has 1 N–H and O–H groups in total. The number of para-hydroxylation sites is 1. The van der Waals surface area contributed by atoms with E-state index in [2.05, 4.69) is 5.32 Å². The highest BCUT2D eigenvalue weighted by molar-refractivity contribution is 7.89. The van der Waals surface area contributed by atoms with Crippen molar-refractivity contribution in [2.75, 3.05) is 18.5 Å². The fraction of sp³-hybridized carbons (Fsp3) is 0.321. The van der Waals surface area contributed by atoms with Crippen LogP contribution in [0.4, 0.5) is 5.69 Å². The Hall–Kier alpha value is -3.07. The molecule has 0 radical (unpaired) electrons. The number of amides is 1. The molecule has 4 rings (SSSR count). The maximum Gasteiger partial charge on any atom is 0.243 e. The van der Waals surface area contributed by atoms with Crippen LogP contribution in [0.3, 0.4) is 0 Å². The maximum atomic E-state index is 13.7. The van der Waals surface area contributed by atoms with Crippen LogP contribution in [0.2, 0.25) is 5.02 Å². The molecule has 0 saturated heterocycles. The largest absolute Gasteiger partial charge is 0.494 e. The number of halogens is 1. The smallest absolute Gasteiger partial charge is 0.243 e. The van der Waals surface area contributed by atoms with Crippen LogP contribution in [0.15, 0.2) is 77.7 Å². The van der Waals surface area contributed by atoms with Crippen LogP contribution in [0.1, 0.15) is 39.0 Å². The van der Waals surface area contributed by atoms with Gasteiger partial charge in [-0.2, -0.15) is 4.31 Å². The average molecular weight is 543 g/mol. The van der Waals surface area contributed by atoms with Crippen molar-refractivity contribution in [3.8, 4) is 17.2 Å². The van der Waals surface area contributed by atoms with E-state index >= 15 is 0 Å². The predicted octanol–water partition coefficient (Wildman–Crippen LogP) is 6.49. The second kappa shape index (κ2) is 12.4. The molecule has 1 aliphatic carbocycles. The van der Waals surface area contributed by atoms with Gasteiger partial charge in [0.1, 0.15) is 11.5 Å². The molecular formula is C28H31ClN2O5S.